The minimum absolute atomic E-state index is 0.00535. The monoisotopic (exact) mass is 488 g/mol. The molecule has 6 atom stereocenters. The number of pyridine rings is 1. The Bertz CT molecular complexity index is 1290. The normalized spacial score (nSPS) is 34.9. The molecule has 0 radical (unpaired) electrons. The molecule has 1 aromatic carbocycles. The number of benzene rings is 1. The molecule has 2 heterocycles. The van der Waals surface area contributed by atoms with Crippen LogP contribution in [-0.4, -0.2) is 40.9 Å². The Morgan fingerprint density at radius 2 is 2.00 bits per heavy atom. The van der Waals surface area contributed by atoms with Crippen LogP contribution >= 0.6 is 0 Å². The molecule has 2 N–H and O–H groups in total. The largest absolute Gasteiger partial charge is 0.364 e. The Morgan fingerprint density at radius 1 is 1.17 bits per heavy atom. The van der Waals surface area contributed by atoms with Gasteiger partial charge >= 0.3 is 5.91 Å². The highest BCUT2D eigenvalue weighted by Gasteiger charge is 2.52. The molecule has 188 valence electrons. The molecule has 36 heavy (non-hydrogen) atoms. The summed E-state index contributed by atoms with van der Waals surface area (Å²) in [4.78, 5) is 29.7. The first-order valence-corrected chi connectivity index (χ1v) is 13.4. The number of likely N-dealkylation sites (N-methyl/N-ethyl adjacent to an activating group) is 1. The van der Waals surface area contributed by atoms with Gasteiger partial charge in [0.15, 0.2) is 6.04 Å². The van der Waals surface area contributed by atoms with Gasteiger partial charge in [-0.2, -0.15) is 0 Å². The van der Waals surface area contributed by atoms with Crippen molar-refractivity contribution in [3.8, 4) is 0 Å². The third-order valence-corrected chi connectivity index (χ3v) is 10.2. The minimum atomic E-state index is -0.439. The van der Waals surface area contributed by atoms with E-state index in [9.17, 15) is 14.0 Å². The number of amides is 2. The molecule has 2 aromatic rings. The van der Waals surface area contributed by atoms with E-state index < -0.39 is 6.04 Å². The van der Waals surface area contributed by atoms with Gasteiger partial charge in [-0.3, -0.25) is 9.78 Å². The molecule has 6 rings (SSSR count). The van der Waals surface area contributed by atoms with Crippen molar-refractivity contribution >= 4 is 17.4 Å². The SMILES string of the molecule is C[C@]12CCC3c4ccc(C(=O)[N+]5(C)CCC[C@H]5C(N)=O)cc4CCC3C1CC=C2c1cncc(F)c1. The van der Waals surface area contributed by atoms with Gasteiger partial charge in [0.25, 0.3) is 5.91 Å². The Morgan fingerprint density at radius 3 is 2.78 bits per heavy atom. The van der Waals surface area contributed by atoms with E-state index in [4.69, 9.17) is 5.73 Å². The Labute approximate surface area is 212 Å². The third kappa shape index (κ3) is 3.41. The summed E-state index contributed by atoms with van der Waals surface area (Å²) in [7, 11) is 1.86. The number of hydrogen-bond acceptors (Lipinski definition) is 3. The first kappa shape index (κ1) is 23.5. The van der Waals surface area contributed by atoms with Crippen LogP contribution in [-0.2, 0) is 11.2 Å². The summed E-state index contributed by atoms with van der Waals surface area (Å²) in [5.74, 6) is 0.950. The number of nitrogens with two attached hydrogens (primary N) is 1. The van der Waals surface area contributed by atoms with Crippen LogP contribution in [0.2, 0.25) is 0 Å². The first-order chi connectivity index (χ1) is 17.2. The standard InChI is InChI=1S/C30H34FN3O2/c1-30-12-11-23-22-7-6-19(29(36)34(2)13-3-4-27(34)28(32)35)14-18(22)5-8-24(23)26(30)10-9-25(30)20-15-21(31)17-33-16-20/h6-7,9,14-17,23-24,26-27H,3-5,8,10-13H2,1-2H3,(H-,32,35)/p+1/t23?,24?,26?,27-,30+,34?/m0/s1. The number of aromatic nitrogens is 1. The molecule has 4 unspecified atom stereocenters. The molecule has 6 heteroatoms. The van der Waals surface area contributed by atoms with Crippen molar-refractivity contribution in [2.45, 2.75) is 63.8 Å². The van der Waals surface area contributed by atoms with E-state index in [1.54, 1.807) is 12.3 Å². The molecule has 3 aliphatic carbocycles. The van der Waals surface area contributed by atoms with Gasteiger partial charge in [-0.25, -0.2) is 13.7 Å². The highest BCUT2D eigenvalue weighted by atomic mass is 19.1. The lowest BCUT2D eigenvalue weighted by Crippen LogP contribution is -2.57. The molecule has 0 bridgehead atoms. The second-order valence-electron chi connectivity index (χ2n) is 11.9. The van der Waals surface area contributed by atoms with E-state index in [1.807, 2.05) is 13.1 Å². The lowest BCUT2D eigenvalue weighted by Gasteiger charge is -2.50. The van der Waals surface area contributed by atoms with Gasteiger partial charge in [0.1, 0.15) is 5.82 Å². The zero-order valence-electron chi connectivity index (χ0n) is 21.2. The molecule has 2 amide bonds. The first-order valence-electron chi connectivity index (χ1n) is 13.4. The molecular weight excluding hydrogens is 453 g/mol. The number of nitrogens with zero attached hydrogens (tertiary/aromatic N) is 2. The molecule has 2 fully saturated rings. The maximum Gasteiger partial charge on any atom is 0.346 e. The van der Waals surface area contributed by atoms with Gasteiger partial charge in [0.05, 0.1) is 25.4 Å². The summed E-state index contributed by atoms with van der Waals surface area (Å²) in [5, 5.41) is 0. The van der Waals surface area contributed by atoms with Crippen LogP contribution < -0.4 is 5.73 Å². The Balaban J connectivity index is 1.26. The van der Waals surface area contributed by atoms with Gasteiger partial charge in [0.2, 0.25) is 0 Å². The van der Waals surface area contributed by atoms with Crippen LogP contribution in [0.4, 0.5) is 4.39 Å². The predicted molar refractivity (Wildman–Crippen MR) is 136 cm³/mol. The maximum absolute atomic E-state index is 13.9. The van der Waals surface area contributed by atoms with Crippen LogP contribution in [0.3, 0.4) is 0 Å². The smallest absolute Gasteiger partial charge is 0.346 e. The highest BCUT2D eigenvalue weighted by Crippen LogP contribution is 2.63. The van der Waals surface area contributed by atoms with Crippen LogP contribution in [0.5, 0.6) is 0 Å². The van der Waals surface area contributed by atoms with Crippen LogP contribution in [0.1, 0.15) is 78.4 Å². The predicted octanol–water partition coefficient (Wildman–Crippen LogP) is 5.00. The molecule has 1 saturated carbocycles. The van der Waals surface area contributed by atoms with Crippen molar-refractivity contribution in [2.24, 2.45) is 23.0 Å². The summed E-state index contributed by atoms with van der Waals surface area (Å²) >= 11 is 0. The number of aryl methyl sites for hydroxylation is 1. The van der Waals surface area contributed by atoms with Gasteiger partial charge < -0.3 is 5.73 Å². The van der Waals surface area contributed by atoms with Gasteiger partial charge in [-0.1, -0.05) is 19.1 Å². The molecule has 5 nitrogen and oxygen atoms in total. The van der Waals surface area contributed by atoms with Crippen molar-refractivity contribution < 1.29 is 18.5 Å². The summed E-state index contributed by atoms with van der Waals surface area (Å²) in [5.41, 5.74) is 11.2. The van der Waals surface area contributed by atoms with Gasteiger partial charge in [-0.15, -0.1) is 0 Å². The Kier molecular flexibility index (Phi) is 5.45. The number of quaternary nitrogens is 1. The molecule has 0 spiro atoms. The molecule has 1 saturated heterocycles. The second-order valence-corrected chi connectivity index (χ2v) is 11.9. The van der Waals surface area contributed by atoms with Crippen LogP contribution in [0, 0.1) is 23.1 Å². The van der Waals surface area contributed by atoms with E-state index in [1.165, 1.54) is 22.9 Å². The lowest BCUT2D eigenvalue weighted by atomic mass is 9.54. The fourth-order valence-corrected chi connectivity index (χ4v) is 8.30. The average Bonchev–Trinajstić information content (AvgIpc) is 3.43. The molecular formula is C30H35FN3O2+. The minimum Gasteiger partial charge on any atom is -0.364 e. The molecule has 1 aliphatic heterocycles. The van der Waals surface area contributed by atoms with Crippen LogP contribution in [0.25, 0.3) is 5.57 Å². The van der Waals surface area contributed by atoms with Crippen LogP contribution in [0.15, 0.2) is 42.7 Å². The number of allylic oxidation sites excluding steroid dienone is 2. The number of likely N-dealkylation sites (tertiary alicyclic amines) is 1. The number of carbonyl (C=O) groups excluding carboxylic acids is 2. The maximum atomic E-state index is 13.9. The summed E-state index contributed by atoms with van der Waals surface area (Å²) in [6, 6.07) is 7.45. The fourth-order valence-electron chi connectivity index (χ4n) is 8.30. The number of rotatable bonds is 3. The van der Waals surface area contributed by atoms with Gasteiger partial charge in [-0.05, 0) is 95.7 Å². The topological polar surface area (TPSA) is 73.1 Å². The quantitative estimate of drug-likeness (QED) is 0.618. The number of carbonyl (C=O) groups is 2. The van der Waals surface area contributed by atoms with E-state index in [0.717, 1.165) is 44.1 Å². The van der Waals surface area contributed by atoms with Crippen molar-refractivity contribution in [2.75, 3.05) is 13.6 Å². The number of primary amides is 1. The van der Waals surface area contributed by atoms with E-state index >= 15 is 0 Å². The highest BCUT2D eigenvalue weighted by molar-refractivity contribution is 5.92. The fraction of sp³-hybridized carbons (Fsp3) is 0.500. The number of fused-ring (bicyclic) bond motifs is 5. The van der Waals surface area contributed by atoms with Crippen molar-refractivity contribution in [3.63, 3.8) is 0 Å². The van der Waals surface area contributed by atoms with Crippen molar-refractivity contribution in [1.29, 1.82) is 0 Å². The van der Waals surface area contributed by atoms with Gasteiger partial charge in [0, 0.05) is 19.0 Å². The van der Waals surface area contributed by atoms with E-state index in [2.05, 4.69) is 30.1 Å². The van der Waals surface area contributed by atoms with Crippen molar-refractivity contribution in [1.82, 2.24) is 4.98 Å². The molecule has 4 aliphatic rings. The van der Waals surface area contributed by atoms with E-state index in [-0.39, 0.29) is 27.5 Å². The average molecular weight is 489 g/mol. The van der Waals surface area contributed by atoms with E-state index in [0.29, 0.717) is 36.3 Å². The van der Waals surface area contributed by atoms with Crippen molar-refractivity contribution in [3.05, 3.63) is 70.8 Å². The second kappa shape index (κ2) is 8.34. The number of halogens is 1. The Hall–Kier alpha value is -2.86. The zero-order valence-corrected chi connectivity index (χ0v) is 21.2. The summed E-state index contributed by atoms with van der Waals surface area (Å²) in [6.07, 6.45) is 12.2. The number of hydrogen-bond donors (Lipinski definition) is 1. The molecule has 1 aromatic heterocycles. The lowest BCUT2D eigenvalue weighted by molar-refractivity contribution is -0.831. The summed E-state index contributed by atoms with van der Waals surface area (Å²) in [6.45, 7) is 3.02. The zero-order chi connectivity index (χ0) is 25.2. The summed E-state index contributed by atoms with van der Waals surface area (Å²) < 4.78 is 14.0. The third-order valence-electron chi connectivity index (χ3n) is 10.2.